The molecule has 1 heterocycles. The van der Waals surface area contributed by atoms with Crippen LogP contribution in [-0.2, 0) is 0 Å². The molecule has 2 rings (SSSR count). The number of H-pyrrole nitrogens is 1. The highest BCUT2D eigenvalue weighted by atomic mass is 16.2. The molecular weight excluding hydrogens is 242 g/mol. The van der Waals surface area contributed by atoms with Gasteiger partial charge in [0, 0.05) is 43.8 Å². The molecule has 5 nitrogen and oxygen atoms in total. The third kappa shape index (κ3) is 3.22. The first-order chi connectivity index (χ1) is 9.06. The van der Waals surface area contributed by atoms with Gasteiger partial charge in [-0.3, -0.25) is 9.59 Å². The SMILES string of the molecule is CN(C)c1ccc(NC(=O)c2cc(=O)cc[nH]2)cc1. The fourth-order valence-corrected chi connectivity index (χ4v) is 1.62. The van der Waals surface area contributed by atoms with Crippen molar-refractivity contribution in [2.75, 3.05) is 24.3 Å². The number of nitrogens with zero attached hydrogens (tertiary/aromatic N) is 1. The van der Waals surface area contributed by atoms with E-state index in [2.05, 4.69) is 10.3 Å². The first kappa shape index (κ1) is 12.9. The van der Waals surface area contributed by atoms with Gasteiger partial charge in [0.1, 0.15) is 5.69 Å². The number of carbonyl (C=O) groups is 1. The lowest BCUT2D eigenvalue weighted by Gasteiger charge is -2.13. The maximum atomic E-state index is 11.9. The Labute approximate surface area is 110 Å². The average Bonchev–Trinajstić information content (AvgIpc) is 2.39. The summed E-state index contributed by atoms with van der Waals surface area (Å²) in [5.41, 5.74) is 1.77. The molecule has 0 saturated carbocycles. The Balaban J connectivity index is 2.13. The van der Waals surface area contributed by atoms with Crippen molar-refractivity contribution in [3.8, 4) is 0 Å². The van der Waals surface area contributed by atoms with Crippen molar-refractivity contribution in [2.45, 2.75) is 0 Å². The molecule has 1 aromatic heterocycles. The Kier molecular flexibility index (Phi) is 3.66. The van der Waals surface area contributed by atoms with E-state index in [1.165, 1.54) is 18.3 Å². The standard InChI is InChI=1S/C14H15N3O2/c1-17(2)11-5-3-10(4-6-11)16-14(19)13-9-12(18)7-8-15-13/h3-9H,1-2H3,(H,15,18)(H,16,19). The third-order valence-corrected chi connectivity index (χ3v) is 2.66. The molecule has 0 spiro atoms. The van der Waals surface area contributed by atoms with Gasteiger partial charge in [-0.15, -0.1) is 0 Å². The summed E-state index contributed by atoms with van der Waals surface area (Å²) in [7, 11) is 3.89. The molecule has 0 saturated heterocycles. The lowest BCUT2D eigenvalue weighted by molar-refractivity contribution is 0.102. The van der Waals surface area contributed by atoms with E-state index in [0.717, 1.165) is 5.69 Å². The Morgan fingerprint density at radius 1 is 1.16 bits per heavy atom. The van der Waals surface area contributed by atoms with Crippen LogP contribution in [0.1, 0.15) is 10.5 Å². The van der Waals surface area contributed by atoms with Gasteiger partial charge in [0.05, 0.1) is 0 Å². The summed E-state index contributed by atoms with van der Waals surface area (Å²) < 4.78 is 0. The summed E-state index contributed by atoms with van der Waals surface area (Å²) >= 11 is 0. The van der Waals surface area contributed by atoms with Gasteiger partial charge in [0.2, 0.25) is 0 Å². The fraction of sp³-hybridized carbons (Fsp3) is 0.143. The summed E-state index contributed by atoms with van der Waals surface area (Å²) in [6.45, 7) is 0. The predicted molar refractivity (Wildman–Crippen MR) is 75.8 cm³/mol. The van der Waals surface area contributed by atoms with E-state index in [4.69, 9.17) is 0 Å². The zero-order chi connectivity index (χ0) is 13.8. The summed E-state index contributed by atoms with van der Waals surface area (Å²) in [4.78, 5) is 27.8. The van der Waals surface area contributed by atoms with Crippen LogP contribution in [0.4, 0.5) is 11.4 Å². The average molecular weight is 257 g/mol. The van der Waals surface area contributed by atoms with Crippen molar-refractivity contribution < 1.29 is 4.79 Å². The van der Waals surface area contributed by atoms with E-state index < -0.39 is 0 Å². The van der Waals surface area contributed by atoms with E-state index in [1.54, 1.807) is 0 Å². The maximum Gasteiger partial charge on any atom is 0.272 e. The van der Waals surface area contributed by atoms with Gasteiger partial charge < -0.3 is 15.2 Å². The number of benzene rings is 1. The molecule has 19 heavy (non-hydrogen) atoms. The third-order valence-electron chi connectivity index (χ3n) is 2.66. The van der Waals surface area contributed by atoms with Crippen molar-refractivity contribution in [3.63, 3.8) is 0 Å². The first-order valence-corrected chi connectivity index (χ1v) is 5.84. The Bertz CT molecular complexity index is 630. The van der Waals surface area contributed by atoms with Gasteiger partial charge in [-0.1, -0.05) is 0 Å². The highest BCUT2D eigenvalue weighted by Gasteiger charge is 2.06. The van der Waals surface area contributed by atoms with Crippen molar-refractivity contribution in [1.29, 1.82) is 0 Å². The van der Waals surface area contributed by atoms with Crippen LogP contribution in [0.3, 0.4) is 0 Å². The highest BCUT2D eigenvalue weighted by Crippen LogP contribution is 2.15. The van der Waals surface area contributed by atoms with Crippen LogP contribution in [-0.4, -0.2) is 25.0 Å². The van der Waals surface area contributed by atoms with Crippen molar-refractivity contribution in [3.05, 3.63) is 58.5 Å². The largest absolute Gasteiger partial charge is 0.378 e. The second-order valence-electron chi connectivity index (χ2n) is 4.33. The fourth-order valence-electron chi connectivity index (χ4n) is 1.62. The number of aromatic amines is 1. The topological polar surface area (TPSA) is 65.2 Å². The molecule has 0 radical (unpaired) electrons. The van der Waals surface area contributed by atoms with E-state index in [-0.39, 0.29) is 17.0 Å². The second kappa shape index (κ2) is 5.39. The smallest absolute Gasteiger partial charge is 0.272 e. The summed E-state index contributed by atoms with van der Waals surface area (Å²) in [6, 6.07) is 10.1. The van der Waals surface area contributed by atoms with Crippen LogP contribution < -0.4 is 15.6 Å². The molecule has 0 aliphatic rings. The molecule has 5 heteroatoms. The van der Waals surface area contributed by atoms with Gasteiger partial charge in [-0.25, -0.2) is 0 Å². The predicted octanol–water partition coefficient (Wildman–Crippen LogP) is 1.69. The number of nitrogens with one attached hydrogen (secondary N) is 2. The van der Waals surface area contributed by atoms with E-state index in [1.807, 2.05) is 43.3 Å². The Morgan fingerprint density at radius 2 is 1.84 bits per heavy atom. The molecule has 0 unspecified atom stereocenters. The Hall–Kier alpha value is -2.56. The van der Waals surface area contributed by atoms with Gasteiger partial charge >= 0.3 is 0 Å². The zero-order valence-corrected chi connectivity index (χ0v) is 10.8. The Morgan fingerprint density at radius 3 is 2.42 bits per heavy atom. The molecule has 0 fully saturated rings. The number of amides is 1. The van der Waals surface area contributed by atoms with Crippen molar-refractivity contribution >= 4 is 17.3 Å². The molecule has 1 amide bonds. The van der Waals surface area contributed by atoms with E-state index >= 15 is 0 Å². The molecule has 2 N–H and O–H groups in total. The van der Waals surface area contributed by atoms with Crippen LogP contribution in [0.5, 0.6) is 0 Å². The van der Waals surface area contributed by atoms with E-state index in [0.29, 0.717) is 5.69 Å². The summed E-state index contributed by atoms with van der Waals surface area (Å²) in [6.07, 6.45) is 1.45. The highest BCUT2D eigenvalue weighted by molar-refractivity contribution is 6.02. The van der Waals surface area contributed by atoms with Gasteiger partial charge in [-0.2, -0.15) is 0 Å². The van der Waals surface area contributed by atoms with Crippen molar-refractivity contribution in [1.82, 2.24) is 4.98 Å². The normalized spacial score (nSPS) is 10.0. The number of hydrogen-bond donors (Lipinski definition) is 2. The summed E-state index contributed by atoms with van der Waals surface area (Å²) in [5.74, 6) is -0.338. The molecule has 0 aliphatic carbocycles. The number of aromatic nitrogens is 1. The number of anilines is 2. The minimum Gasteiger partial charge on any atom is -0.378 e. The molecule has 0 atom stereocenters. The van der Waals surface area contributed by atoms with E-state index in [9.17, 15) is 9.59 Å². The second-order valence-corrected chi connectivity index (χ2v) is 4.33. The number of carbonyl (C=O) groups excluding carboxylic acids is 1. The first-order valence-electron chi connectivity index (χ1n) is 5.84. The quantitative estimate of drug-likeness (QED) is 0.879. The maximum absolute atomic E-state index is 11.9. The van der Waals surface area contributed by atoms with Crippen molar-refractivity contribution in [2.24, 2.45) is 0 Å². The zero-order valence-electron chi connectivity index (χ0n) is 10.8. The van der Waals surface area contributed by atoms with Crippen LogP contribution in [0.2, 0.25) is 0 Å². The monoisotopic (exact) mass is 257 g/mol. The van der Waals surface area contributed by atoms with Gasteiger partial charge in [-0.05, 0) is 24.3 Å². The summed E-state index contributed by atoms with van der Waals surface area (Å²) in [5, 5.41) is 2.72. The lowest BCUT2D eigenvalue weighted by Crippen LogP contribution is -2.16. The number of hydrogen-bond acceptors (Lipinski definition) is 3. The molecule has 0 aliphatic heterocycles. The van der Waals surface area contributed by atoms with Crippen LogP contribution in [0, 0.1) is 0 Å². The lowest BCUT2D eigenvalue weighted by atomic mass is 10.2. The number of rotatable bonds is 3. The minimum atomic E-state index is -0.338. The van der Waals surface area contributed by atoms with Gasteiger partial charge in [0.25, 0.3) is 5.91 Å². The van der Waals surface area contributed by atoms with Crippen LogP contribution >= 0.6 is 0 Å². The van der Waals surface area contributed by atoms with Crippen LogP contribution in [0.15, 0.2) is 47.4 Å². The molecule has 0 bridgehead atoms. The number of pyridine rings is 1. The molecule has 98 valence electrons. The molecule has 1 aromatic carbocycles. The van der Waals surface area contributed by atoms with Gasteiger partial charge in [0.15, 0.2) is 5.43 Å². The molecular formula is C14H15N3O2. The van der Waals surface area contributed by atoms with Crippen LogP contribution in [0.25, 0.3) is 0 Å². The molecule has 2 aromatic rings. The minimum absolute atomic E-state index is 0.202.